The lowest BCUT2D eigenvalue weighted by Gasteiger charge is -2.42. The molecule has 6 unspecified atom stereocenters. The molecule has 0 bridgehead atoms. The molecule has 3 nitrogen and oxygen atoms in total. The van der Waals surface area contributed by atoms with E-state index in [1.54, 1.807) is 0 Å². The number of epoxide rings is 1. The Balaban J connectivity index is 1.77. The van der Waals surface area contributed by atoms with Crippen molar-refractivity contribution in [3.8, 4) is 0 Å². The van der Waals surface area contributed by atoms with Crippen molar-refractivity contribution in [2.45, 2.75) is 71.0 Å². The number of carboxylic acid groups (broad SMARTS) is 1. The van der Waals surface area contributed by atoms with Gasteiger partial charge in [-0.05, 0) is 37.0 Å². The maximum absolute atomic E-state index is 12.0. The molecule has 1 aliphatic heterocycles. The van der Waals surface area contributed by atoms with Crippen molar-refractivity contribution in [2.75, 3.05) is 0 Å². The standard InChI is InChI=1S/C16H26O3/c1-10-5-3-4-6-12(10)8-16(15(17)18)9-14-13(19-14)7-11(16)2/h10-14H,3-9H2,1-2H3,(H,17,18). The van der Waals surface area contributed by atoms with Crippen LogP contribution in [0.15, 0.2) is 0 Å². The van der Waals surface area contributed by atoms with Gasteiger partial charge in [-0.3, -0.25) is 4.79 Å². The summed E-state index contributed by atoms with van der Waals surface area (Å²) in [6.45, 7) is 4.43. The number of carboxylic acids is 1. The fraction of sp³-hybridized carbons (Fsp3) is 0.938. The highest BCUT2D eigenvalue weighted by atomic mass is 16.6. The first-order valence-corrected chi connectivity index (χ1v) is 7.92. The van der Waals surface area contributed by atoms with Crippen LogP contribution in [0.1, 0.15) is 58.8 Å². The van der Waals surface area contributed by atoms with E-state index in [1.807, 2.05) is 0 Å². The summed E-state index contributed by atoms with van der Waals surface area (Å²) in [5.41, 5.74) is -0.520. The van der Waals surface area contributed by atoms with Crippen molar-refractivity contribution in [2.24, 2.45) is 23.2 Å². The van der Waals surface area contributed by atoms with Gasteiger partial charge in [0.25, 0.3) is 0 Å². The molecule has 3 heteroatoms. The van der Waals surface area contributed by atoms with E-state index in [-0.39, 0.29) is 12.0 Å². The fourth-order valence-electron chi connectivity index (χ4n) is 4.53. The zero-order valence-electron chi connectivity index (χ0n) is 12.1. The minimum atomic E-state index is -0.577. The summed E-state index contributed by atoms with van der Waals surface area (Å²) in [6.07, 6.45) is 8.27. The summed E-state index contributed by atoms with van der Waals surface area (Å²) in [4.78, 5) is 12.0. The van der Waals surface area contributed by atoms with Crippen LogP contribution in [0.5, 0.6) is 0 Å². The summed E-state index contributed by atoms with van der Waals surface area (Å²) in [7, 11) is 0. The van der Waals surface area contributed by atoms with Gasteiger partial charge >= 0.3 is 5.97 Å². The maximum atomic E-state index is 12.0. The summed E-state index contributed by atoms with van der Waals surface area (Å²) in [5, 5.41) is 9.86. The van der Waals surface area contributed by atoms with E-state index < -0.39 is 11.4 Å². The number of hydrogen-bond donors (Lipinski definition) is 1. The fourth-order valence-corrected chi connectivity index (χ4v) is 4.53. The highest BCUT2D eigenvalue weighted by Crippen LogP contribution is 2.54. The molecule has 1 heterocycles. The van der Waals surface area contributed by atoms with Crippen LogP contribution >= 0.6 is 0 Å². The van der Waals surface area contributed by atoms with Gasteiger partial charge < -0.3 is 9.84 Å². The van der Waals surface area contributed by atoms with Gasteiger partial charge in [0.2, 0.25) is 0 Å². The molecule has 0 aromatic rings. The highest BCUT2D eigenvalue weighted by molar-refractivity contribution is 5.75. The average Bonchev–Trinajstić information content (AvgIpc) is 3.09. The van der Waals surface area contributed by atoms with Gasteiger partial charge in [-0.1, -0.05) is 39.5 Å². The second-order valence-corrected chi connectivity index (χ2v) is 7.24. The van der Waals surface area contributed by atoms with Crippen molar-refractivity contribution in [3.05, 3.63) is 0 Å². The summed E-state index contributed by atoms with van der Waals surface area (Å²) >= 11 is 0. The van der Waals surface area contributed by atoms with Crippen molar-refractivity contribution >= 4 is 5.97 Å². The lowest BCUT2D eigenvalue weighted by molar-refractivity contribution is -0.156. The third kappa shape index (κ3) is 2.31. The van der Waals surface area contributed by atoms with Crippen molar-refractivity contribution in [1.29, 1.82) is 0 Å². The molecule has 3 rings (SSSR count). The lowest BCUT2D eigenvalue weighted by Crippen LogP contribution is -2.44. The Morgan fingerprint density at radius 1 is 1.26 bits per heavy atom. The van der Waals surface area contributed by atoms with E-state index >= 15 is 0 Å². The van der Waals surface area contributed by atoms with Gasteiger partial charge in [0, 0.05) is 0 Å². The van der Waals surface area contributed by atoms with Gasteiger partial charge in [-0.15, -0.1) is 0 Å². The predicted molar refractivity (Wildman–Crippen MR) is 72.9 cm³/mol. The van der Waals surface area contributed by atoms with E-state index in [4.69, 9.17) is 4.74 Å². The van der Waals surface area contributed by atoms with Crippen LogP contribution in [0.4, 0.5) is 0 Å². The van der Waals surface area contributed by atoms with Crippen LogP contribution < -0.4 is 0 Å². The molecule has 1 saturated heterocycles. The molecular formula is C16H26O3. The van der Waals surface area contributed by atoms with Crippen molar-refractivity contribution in [1.82, 2.24) is 0 Å². The van der Waals surface area contributed by atoms with Gasteiger partial charge in [0.05, 0.1) is 17.6 Å². The van der Waals surface area contributed by atoms with Crippen LogP contribution in [-0.4, -0.2) is 23.3 Å². The minimum Gasteiger partial charge on any atom is -0.481 e. The first-order chi connectivity index (χ1) is 9.03. The molecule has 3 aliphatic rings. The van der Waals surface area contributed by atoms with Crippen LogP contribution in [-0.2, 0) is 9.53 Å². The number of ether oxygens (including phenoxy) is 1. The molecule has 2 saturated carbocycles. The lowest BCUT2D eigenvalue weighted by atomic mass is 9.60. The predicted octanol–water partition coefficient (Wildman–Crippen LogP) is 3.47. The SMILES string of the molecule is CC1CCCCC1CC1(C(=O)O)CC2OC2CC1C. The topological polar surface area (TPSA) is 49.8 Å². The average molecular weight is 266 g/mol. The Bertz CT molecular complexity index is 367. The third-order valence-electron chi connectivity index (χ3n) is 6.12. The molecule has 0 amide bonds. The number of hydrogen-bond acceptors (Lipinski definition) is 2. The molecule has 0 radical (unpaired) electrons. The summed E-state index contributed by atoms with van der Waals surface area (Å²) in [5.74, 6) is 0.965. The first-order valence-electron chi connectivity index (χ1n) is 7.92. The summed E-state index contributed by atoms with van der Waals surface area (Å²) < 4.78 is 5.61. The highest BCUT2D eigenvalue weighted by Gasteiger charge is 2.58. The molecule has 0 spiro atoms. The molecule has 1 N–H and O–H groups in total. The van der Waals surface area contributed by atoms with Crippen LogP contribution in [0, 0.1) is 23.2 Å². The van der Waals surface area contributed by atoms with E-state index in [2.05, 4.69) is 13.8 Å². The zero-order valence-corrected chi connectivity index (χ0v) is 12.1. The van der Waals surface area contributed by atoms with Gasteiger partial charge in [-0.25, -0.2) is 0 Å². The second-order valence-electron chi connectivity index (χ2n) is 7.24. The van der Waals surface area contributed by atoms with Crippen LogP contribution in [0.2, 0.25) is 0 Å². The number of aliphatic carboxylic acids is 1. The first kappa shape index (κ1) is 13.4. The van der Waals surface area contributed by atoms with Gasteiger partial charge in [0.1, 0.15) is 0 Å². The van der Waals surface area contributed by atoms with Crippen LogP contribution in [0.25, 0.3) is 0 Å². The zero-order chi connectivity index (χ0) is 13.6. The Morgan fingerprint density at radius 3 is 2.68 bits per heavy atom. The van der Waals surface area contributed by atoms with Gasteiger partial charge in [0.15, 0.2) is 0 Å². The normalized spacial score (nSPS) is 49.5. The largest absolute Gasteiger partial charge is 0.481 e. The Morgan fingerprint density at radius 2 is 2.00 bits per heavy atom. The molecule has 6 atom stereocenters. The van der Waals surface area contributed by atoms with Gasteiger partial charge in [-0.2, -0.15) is 0 Å². The second kappa shape index (κ2) is 4.76. The monoisotopic (exact) mass is 266 g/mol. The van der Waals surface area contributed by atoms with Crippen LogP contribution in [0.3, 0.4) is 0 Å². The van der Waals surface area contributed by atoms with E-state index in [1.165, 1.54) is 25.7 Å². The van der Waals surface area contributed by atoms with Crippen molar-refractivity contribution in [3.63, 3.8) is 0 Å². The third-order valence-corrected chi connectivity index (χ3v) is 6.12. The minimum absolute atomic E-state index is 0.242. The van der Waals surface area contributed by atoms with E-state index in [0.29, 0.717) is 17.9 Å². The molecule has 108 valence electrons. The number of fused-ring (bicyclic) bond motifs is 1. The molecule has 2 aliphatic carbocycles. The smallest absolute Gasteiger partial charge is 0.310 e. The summed E-state index contributed by atoms with van der Waals surface area (Å²) in [6, 6.07) is 0. The Hall–Kier alpha value is -0.570. The van der Waals surface area contributed by atoms with Crippen molar-refractivity contribution < 1.29 is 14.6 Å². The number of carbonyl (C=O) groups is 1. The van der Waals surface area contributed by atoms with E-state index in [0.717, 1.165) is 19.3 Å². The maximum Gasteiger partial charge on any atom is 0.310 e. The molecule has 0 aromatic heterocycles. The van der Waals surface area contributed by atoms with E-state index in [9.17, 15) is 9.90 Å². The molecule has 19 heavy (non-hydrogen) atoms. The quantitative estimate of drug-likeness (QED) is 0.796. The molecule has 3 fully saturated rings. The number of rotatable bonds is 3. The molecule has 0 aromatic carbocycles. The molecular weight excluding hydrogens is 240 g/mol. The Kier molecular flexibility index (Phi) is 3.36. The Labute approximate surface area is 115 Å².